The van der Waals surface area contributed by atoms with Crippen molar-refractivity contribution < 1.29 is 23.2 Å². The van der Waals surface area contributed by atoms with E-state index in [0.29, 0.717) is 0 Å². The molecule has 0 saturated carbocycles. The van der Waals surface area contributed by atoms with Crippen LogP contribution in [-0.4, -0.2) is 27.7 Å². The highest BCUT2D eigenvalue weighted by molar-refractivity contribution is 6.04. The first-order valence-electron chi connectivity index (χ1n) is 5.89. The third-order valence-corrected chi connectivity index (χ3v) is 2.74. The topological polar surface area (TPSA) is 99.3 Å². The number of carbonyl (C=O) groups is 1. The minimum atomic E-state index is -3.00. The number of nitrogens with one attached hydrogen (secondary N) is 1. The Kier molecular flexibility index (Phi) is 4.30. The van der Waals surface area contributed by atoms with Crippen molar-refractivity contribution in [2.75, 3.05) is 12.4 Å². The van der Waals surface area contributed by atoms with Crippen molar-refractivity contribution in [2.45, 2.75) is 6.55 Å². The minimum absolute atomic E-state index is 0.141. The molecule has 2 rings (SSSR count). The van der Waals surface area contributed by atoms with Crippen molar-refractivity contribution in [2.24, 2.45) is 0 Å². The maximum absolute atomic E-state index is 12.7. The minimum Gasteiger partial charge on any atom is -0.496 e. The SMILES string of the molecule is COc1ccc(NC(=O)c2ccnn2C(F)F)c([N+](=O)[O-])c1. The highest BCUT2D eigenvalue weighted by Gasteiger charge is 2.22. The lowest BCUT2D eigenvalue weighted by Crippen LogP contribution is -2.18. The van der Waals surface area contributed by atoms with Gasteiger partial charge in [-0.05, 0) is 18.2 Å². The van der Waals surface area contributed by atoms with Crippen LogP contribution in [-0.2, 0) is 0 Å². The second-order valence-corrected chi connectivity index (χ2v) is 4.03. The van der Waals surface area contributed by atoms with Crippen LogP contribution in [0.2, 0.25) is 0 Å². The van der Waals surface area contributed by atoms with Crippen molar-refractivity contribution in [1.82, 2.24) is 9.78 Å². The van der Waals surface area contributed by atoms with Gasteiger partial charge in [-0.25, -0.2) is 0 Å². The molecule has 2 aromatic rings. The number of nitro benzene ring substituents is 1. The van der Waals surface area contributed by atoms with Crippen LogP contribution < -0.4 is 10.1 Å². The summed E-state index contributed by atoms with van der Waals surface area (Å²) in [5.74, 6) is -0.714. The fourth-order valence-electron chi connectivity index (χ4n) is 1.73. The largest absolute Gasteiger partial charge is 0.496 e. The monoisotopic (exact) mass is 312 g/mol. The Labute approximate surface area is 122 Å². The fourth-order valence-corrected chi connectivity index (χ4v) is 1.73. The number of carbonyl (C=O) groups excluding carboxylic acids is 1. The summed E-state index contributed by atoms with van der Waals surface area (Å²) in [6.07, 6.45) is 1.03. The number of aromatic nitrogens is 2. The van der Waals surface area contributed by atoms with Crippen LogP contribution in [0.4, 0.5) is 20.2 Å². The van der Waals surface area contributed by atoms with Crippen LogP contribution in [0.3, 0.4) is 0 Å². The predicted molar refractivity (Wildman–Crippen MR) is 71.1 cm³/mol. The van der Waals surface area contributed by atoms with E-state index in [-0.39, 0.29) is 16.1 Å². The second-order valence-electron chi connectivity index (χ2n) is 4.03. The van der Waals surface area contributed by atoms with Gasteiger partial charge in [0.2, 0.25) is 0 Å². The van der Waals surface area contributed by atoms with E-state index in [1.807, 2.05) is 0 Å². The molecule has 1 aromatic carbocycles. The standard InChI is InChI=1S/C12H10F2N4O4/c1-22-7-2-3-8(10(6-7)18(20)21)16-11(19)9-4-5-15-17(9)12(13)14/h2-6,12H,1H3,(H,16,19). The number of alkyl halides is 2. The van der Waals surface area contributed by atoms with Crippen LogP contribution in [0.25, 0.3) is 0 Å². The lowest BCUT2D eigenvalue weighted by atomic mass is 10.2. The molecular weight excluding hydrogens is 302 g/mol. The number of amides is 1. The van der Waals surface area contributed by atoms with Crippen LogP contribution in [0.1, 0.15) is 17.0 Å². The predicted octanol–water partition coefficient (Wildman–Crippen LogP) is 2.45. The van der Waals surface area contributed by atoms with E-state index >= 15 is 0 Å². The Morgan fingerprint density at radius 2 is 2.18 bits per heavy atom. The Morgan fingerprint density at radius 1 is 1.45 bits per heavy atom. The lowest BCUT2D eigenvalue weighted by molar-refractivity contribution is -0.384. The number of nitro groups is 1. The van der Waals surface area contributed by atoms with Crippen LogP contribution in [0.15, 0.2) is 30.5 Å². The maximum atomic E-state index is 12.7. The first kappa shape index (κ1) is 15.4. The molecule has 8 nitrogen and oxygen atoms in total. The van der Waals surface area contributed by atoms with E-state index in [1.54, 1.807) is 0 Å². The van der Waals surface area contributed by atoms with Crippen molar-refractivity contribution in [3.8, 4) is 5.75 Å². The van der Waals surface area contributed by atoms with E-state index in [2.05, 4.69) is 10.4 Å². The molecular formula is C12H10F2N4O4. The Bertz CT molecular complexity index is 717. The normalized spacial score (nSPS) is 10.5. The molecule has 1 heterocycles. The molecule has 1 amide bonds. The Morgan fingerprint density at radius 3 is 2.77 bits per heavy atom. The first-order valence-corrected chi connectivity index (χ1v) is 5.89. The molecule has 0 aliphatic rings. The molecule has 0 bridgehead atoms. The summed E-state index contributed by atoms with van der Waals surface area (Å²) in [6.45, 7) is -3.00. The fraction of sp³-hybridized carbons (Fsp3) is 0.167. The number of halogens is 2. The molecule has 0 spiro atoms. The number of hydrogen-bond donors (Lipinski definition) is 1. The van der Waals surface area contributed by atoms with Crippen molar-refractivity contribution in [3.05, 3.63) is 46.3 Å². The van der Waals surface area contributed by atoms with Gasteiger partial charge in [0.25, 0.3) is 11.6 Å². The number of ether oxygens (including phenoxy) is 1. The van der Waals surface area contributed by atoms with Gasteiger partial charge in [0.15, 0.2) is 0 Å². The van der Waals surface area contributed by atoms with Gasteiger partial charge in [0, 0.05) is 6.20 Å². The second kappa shape index (κ2) is 6.16. The van der Waals surface area contributed by atoms with E-state index in [0.717, 1.165) is 18.3 Å². The lowest BCUT2D eigenvalue weighted by Gasteiger charge is -2.09. The number of nitrogens with zero attached hydrogens (tertiary/aromatic N) is 3. The molecule has 0 saturated heterocycles. The van der Waals surface area contributed by atoms with Crippen LogP contribution in [0.5, 0.6) is 5.75 Å². The smallest absolute Gasteiger partial charge is 0.333 e. The highest BCUT2D eigenvalue weighted by Crippen LogP contribution is 2.29. The summed E-state index contributed by atoms with van der Waals surface area (Å²) in [5.41, 5.74) is -0.978. The Hall–Kier alpha value is -3.04. The maximum Gasteiger partial charge on any atom is 0.333 e. The van der Waals surface area contributed by atoms with Crippen molar-refractivity contribution in [3.63, 3.8) is 0 Å². The highest BCUT2D eigenvalue weighted by atomic mass is 19.3. The van der Waals surface area contributed by atoms with Gasteiger partial charge in [-0.2, -0.15) is 18.6 Å². The molecule has 0 fully saturated rings. The molecule has 0 aliphatic carbocycles. The van der Waals surface area contributed by atoms with Gasteiger partial charge in [-0.15, -0.1) is 0 Å². The molecule has 22 heavy (non-hydrogen) atoms. The van der Waals surface area contributed by atoms with E-state index in [1.165, 1.54) is 19.2 Å². The zero-order valence-corrected chi connectivity index (χ0v) is 11.2. The number of methoxy groups -OCH3 is 1. The van der Waals surface area contributed by atoms with Gasteiger partial charge >= 0.3 is 6.55 Å². The van der Waals surface area contributed by atoms with Crippen molar-refractivity contribution in [1.29, 1.82) is 0 Å². The zero-order valence-electron chi connectivity index (χ0n) is 11.2. The molecule has 10 heteroatoms. The summed E-state index contributed by atoms with van der Waals surface area (Å²) >= 11 is 0. The van der Waals surface area contributed by atoms with E-state index in [4.69, 9.17) is 4.74 Å². The van der Waals surface area contributed by atoms with Gasteiger partial charge in [0.05, 0.1) is 18.1 Å². The third kappa shape index (κ3) is 3.00. The number of anilines is 1. The average molecular weight is 312 g/mol. The molecule has 116 valence electrons. The summed E-state index contributed by atoms with van der Waals surface area (Å²) in [6, 6.07) is 4.84. The van der Waals surface area contributed by atoms with Gasteiger partial charge in [0.1, 0.15) is 17.1 Å². The quantitative estimate of drug-likeness (QED) is 0.675. The summed E-state index contributed by atoms with van der Waals surface area (Å²) in [5, 5.41) is 16.5. The third-order valence-electron chi connectivity index (χ3n) is 2.74. The van der Waals surface area contributed by atoms with Crippen LogP contribution in [0, 0.1) is 10.1 Å². The van der Waals surface area contributed by atoms with Gasteiger partial charge in [-0.3, -0.25) is 14.9 Å². The first-order chi connectivity index (χ1) is 10.4. The summed E-state index contributed by atoms with van der Waals surface area (Å²) < 4.78 is 30.4. The summed E-state index contributed by atoms with van der Waals surface area (Å²) in [7, 11) is 1.33. The molecule has 0 radical (unpaired) electrons. The molecule has 1 aromatic heterocycles. The molecule has 1 N–H and O–H groups in total. The van der Waals surface area contributed by atoms with Crippen LogP contribution >= 0.6 is 0 Å². The van der Waals surface area contributed by atoms with E-state index < -0.39 is 28.8 Å². The van der Waals surface area contributed by atoms with Gasteiger partial charge < -0.3 is 10.1 Å². The Balaban J connectivity index is 2.32. The number of hydrogen-bond acceptors (Lipinski definition) is 5. The van der Waals surface area contributed by atoms with Gasteiger partial charge in [-0.1, -0.05) is 0 Å². The number of benzene rings is 1. The van der Waals surface area contributed by atoms with Crippen molar-refractivity contribution >= 4 is 17.3 Å². The molecule has 0 unspecified atom stereocenters. The summed E-state index contributed by atoms with van der Waals surface area (Å²) in [4.78, 5) is 22.2. The molecule has 0 aliphatic heterocycles. The number of rotatable bonds is 5. The molecule has 0 atom stereocenters. The zero-order chi connectivity index (χ0) is 16.3. The average Bonchev–Trinajstić information content (AvgIpc) is 2.97. The van der Waals surface area contributed by atoms with E-state index in [9.17, 15) is 23.7 Å².